The zero-order chi connectivity index (χ0) is 25.7. The van der Waals surface area contributed by atoms with Crippen LogP contribution in [-0.2, 0) is 10.1 Å². The number of nitrogens with zero attached hydrogens (tertiary/aromatic N) is 1. The molecule has 0 amide bonds. The quantitative estimate of drug-likeness (QED) is 0.152. The van der Waals surface area contributed by atoms with Crippen molar-refractivity contribution in [2.24, 2.45) is 0 Å². The summed E-state index contributed by atoms with van der Waals surface area (Å²) in [6, 6.07) is 12.0. The van der Waals surface area contributed by atoms with Crippen LogP contribution in [0, 0.1) is 5.82 Å². The van der Waals surface area contributed by atoms with E-state index in [-0.39, 0.29) is 42.8 Å². The fourth-order valence-corrected chi connectivity index (χ4v) is 4.69. The van der Waals surface area contributed by atoms with Crippen LogP contribution in [0.5, 0.6) is 5.75 Å². The van der Waals surface area contributed by atoms with Gasteiger partial charge in [0.15, 0.2) is 0 Å². The van der Waals surface area contributed by atoms with Crippen LogP contribution in [0.25, 0.3) is 27.7 Å². The summed E-state index contributed by atoms with van der Waals surface area (Å²) in [6.07, 6.45) is 0. The number of pyridine rings is 1. The predicted octanol–water partition coefficient (Wildman–Crippen LogP) is 6.99. The lowest BCUT2D eigenvalue weighted by Crippen LogP contribution is -2.28. The molecule has 0 N–H and O–H groups in total. The molecule has 0 fully saturated rings. The lowest BCUT2D eigenvalue weighted by molar-refractivity contribution is -0.0500. The molecule has 0 unspecified atom stereocenters. The van der Waals surface area contributed by atoms with Gasteiger partial charge in [0.25, 0.3) is 5.56 Å². The van der Waals surface area contributed by atoms with Crippen molar-refractivity contribution in [1.82, 2.24) is 4.57 Å². The maximum atomic E-state index is 13.6. The fourth-order valence-electron chi connectivity index (χ4n) is 3.41. The van der Waals surface area contributed by atoms with Gasteiger partial charge in [-0.15, -0.1) is 0 Å². The van der Waals surface area contributed by atoms with Gasteiger partial charge in [-0.25, -0.2) is 4.39 Å². The van der Waals surface area contributed by atoms with Gasteiger partial charge in [-0.1, -0.05) is 40.9 Å². The van der Waals surface area contributed by atoms with Gasteiger partial charge in [-0.05, 0) is 48.0 Å². The van der Waals surface area contributed by atoms with Crippen LogP contribution in [-0.4, -0.2) is 18.5 Å². The maximum Gasteiger partial charge on any atom is 0.534 e. The van der Waals surface area contributed by atoms with E-state index < -0.39 is 32.8 Å². The molecule has 13 heteroatoms. The summed E-state index contributed by atoms with van der Waals surface area (Å²) in [5, 5.41) is 0.159. The lowest BCUT2D eigenvalue weighted by atomic mass is 9.99. The van der Waals surface area contributed by atoms with Gasteiger partial charge < -0.3 is 4.18 Å². The zero-order valence-corrected chi connectivity index (χ0v) is 20.0. The smallest absolute Gasteiger partial charge is 0.376 e. The average Bonchev–Trinajstić information content (AvgIpc) is 2.73. The summed E-state index contributed by atoms with van der Waals surface area (Å²) in [4.78, 5) is 12.9. The van der Waals surface area contributed by atoms with E-state index in [2.05, 4.69) is 4.18 Å². The second kappa shape index (κ2) is 9.02. The first-order valence-electron chi connectivity index (χ1n) is 9.40. The van der Waals surface area contributed by atoms with Crippen LogP contribution in [0.3, 0.4) is 0 Å². The molecule has 5 nitrogen and oxygen atoms in total. The molecule has 4 aromatic rings. The molecule has 35 heavy (non-hydrogen) atoms. The molecule has 4 rings (SSSR count). The molecule has 0 aliphatic heterocycles. The molecular formula is C22H10Cl3F4NO4S. The molecule has 3 aromatic carbocycles. The third-order valence-corrected chi connectivity index (χ3v) is 6.76. The van der Waals surface area contributed by atoms with E-state index in [4.69, 9.17) is 34.8 Å². The van der Waals surface area contributed by atoms with E-state index in [9.17, 15) is 30.8 Å². The summed E-state index contributed by atoms with van der Waals surface area (Å²) in [6.45, 7) is 0. The molecule has 0 atom stereocenters. The highest BCUT2D eigenvalue weighted by Crippen LogP contribution is 2.39. The van der Waals surface area contributed by atoms with E-state index in [1.165, 1.54) is 30.3 Å². The van der Waals surface area contributed by atoms with Crippen LogP contribution in [0.15, 0.2) is 65.5 Å². The van der Waals surface area contributed by atoms with Crippen molar-refractivity contribution in [1.29, 1.82) is 0 Å². The number of fused-ring (bicyclic) bond motifs is 1. The molecule has 1 heterocycles. The minimum absolute atomic E-state index is 0.00147. The maximum absolute atomic E-state index is 13.6. The number of alkyl halides is 3. The highest BCUT2D eigenvalue weighted by atomic mass is 35.5. The van der Waals surface area contributed by atoms with E-state index >= 15 is 0 Å². The minimum Gasteiger partial charge on any atom is -0.376 e. The number of hydrogen-bond donors (Lipinski definition) is 0. The number of rotatable bonds is 4. The van der Waals surface area contributed by atoms with Crippen LogP contribution < -0.4 is 9.74 Å². The van der Waals surface area contributed by atoms with Gasteiger partial charge >= 0.3 is 15.6 Å². The van der Waals surface area contributed by atoms with Gasteiger partial charge in [0.05, 0.1) is 26.3 Å². The van der Waals surface area contributed by atoms with Crippen LogP contribution >= 0.6 is 34.8 Å². The molecule has 0 saturated carbocycles. The van der Waals surface area contributed by atoms with Crippen molar-refractivity contribution in [3.8, 4) is 22.6 Å². The predicted molar refractivity (Wildman–Crippen MR) is 126 cm³/mol. The minimum atomic E-state index is -6.07. The Hall–Kier alpha value is -2.79. The van der Waals surface area contributed by atoms with E-state index in [0.29, 0.717) is 0 Å². The van der Waals surface area contributed by atoms with Crippen LogP contribution in [0.4, 0.5) is 17.6 Å². The first kappa shape index (κ1) is 25.3. The van der Waals surface area contributed by atoms with Crippen LogP contribution in [0.1, 0.15) is 0 Å². The monoisotopic (exact) mass is 565 g/mol. The summed E-state index contributed by atoms with van der Waals surface area (Å²) >= 11 is 18.7. The Morgan fingerprint density at radius 2 is 1.49 bits per heavy atom. The van der Waals surface area contributed by atoms with Crippen molar-refractivity contribution >= 4 is 55.8 Å². The molecule has 0 spiro atoms. The van der Waals surface area contributed by atoms with Crippen molar-refractivity contribution in [3.63, 3.8) is 0 Å². The molecule has 0 radical (unpaired) electrons. The summed E-state index contributed by atoms with van der Waals surface area (Å²) in [7, 11) is -6.07. The van der Waals surface area contributed by atoms with Crippen molar-refractivity contribution in [2.75, 3.05) is 0 Å². The molecule has 1 aromatic heterocycles. The Balaban J connectivity index is 2.14. The Bertz CT molecular complexity index is 1630. The normalized spacial score (nSPS) is 12.2. The number of para-hydroxylation sites is 1. The average molecular weight is 567 g/mol. The van der Waals surface area contributed by atoms with Gasteiger partial charge in [0.1, 0.15) is 11.6 Å². The number of aromatic nitrogens is 1. The van der Waals surface area contributed by atoms with Crippen molar-refractivity contribution in [2.45, 2.75) is 5.51 Å². The Morgan fingerprint density at radius 1 is 0.829 bits per heavy atom. The first-order chi connectivity index (χ1) is 16.3. The molecular weight excluding hydrogens is 557 g/mol. The molecule has 182 valence electrons. The second-order valence-electron chi connectivity index (χ2n) is 7.09. The Kier molecular flexibility index (Phi) is 6.52. The largest absolute Gasteiger partial charge is 0.534 e. The molecule has 0 aliphatic carbocycles. The number of hydrogen-bond acceptors (Lipinski definition) is 4. The lowest BCUT2D eigenvalue weighted by Gasteiger charge is -2.18. The highest BCUT2D eigenvalue weighted by molar-refractivity contribution is 7.88. The van der Waals surface area contributed by atoms with Gasteiger partial charge in [0, 0.05) is 23.1 Å². The SMILES string of the molecule is O=c1ccc2c(-c3ccc(F)cc3Cl)cc(OS(=O)(=O)C(F)(F)F)cc2n1-c1c(Cl)cccc1Cl. The third kappa shape index (κ3) is 4.71. The summed E-state index contributed by atoms with van der Waals surface area (Å²) in [5.74, 6) is -1.47. The zero-order valence-electron chi connectivity index (χ0n) is 16.9. The topological polar surface area (TPSA) is 65.4 Å². The third-order valence-electron chi connectivity index (χ3n) is 4.86. The highest BCUT2D eigenvalue weighted by Gasteiger charge is 2.48. The number of benzene rings is 3. The van der Waals surface area contributed by atoms with Gasteiger partial charge in [-0.2, -0.15) is 21.6 Å². The number of halogens is 7. The molecule has 0 bridgehead atoms. The molecule has 0 aliphatic rings. The summed E-state index contributed by atoms with van der Waals surface area (Å²) < 4.78 is 81.5. The standard InChI is InChI=1S/C22H10Cl3F4NO4S/c23-16-2-1-3-17(24)21(16)30-19-10-12(34-35(32,33)22(27,28)29)9-15(14(19)6-7-20(30)31)13-5-4-11(26)8-18(13)25/h1-10H. The van der Waals surface area contributed by atoms with Crippen molar-refractivity contribution < 1.29 is 30.2 Å². The Morgan fingerprint density at radius 3 is 2.09 bits per heavy atom. The summed E-state index contributed by atoms with van der Waals surface area (Å²) in [5.41, 5.74) is -6.33. The van der Waals surface area contributed by atoms with E-state index in [1.807, 2.05) is 0 Å². The second-order valence-corrected chi connectivity index (χ2v) is 9.85. The van der Waals surface area contributed by atoms with Gasteiger partial charge in [-0.3, -0.25) is 9.36 Å². The van der Waals surface area contributed by atoms with E-state index in [1.54, 1.807) is 0 Å². The molecule has 0 saturated heterocycles. The first-order valence-corrected chi connectivity index (χ1v) is 11.9. The fraction of sp³-hybridized carbons (Fsp3) is 0.0455. The van der Waals surface area contributed by atoms with Gasteiger partial charge in [0.2, 0.25) is 0 Å². The Labute approximate surface area is 210 Å². The van der Waals surface area contributed by atoms with Crippen LogP contribution in [0.2, 0.25) is 15.1 Å². The van der Waals surface area contributed by atoms with E-state index in [0.717, 1.165) is 34.9 Å². The van der Waals surface area contributed by atoms with Crippen molar-refractivity contribution in [3.05, 3.63) is 91.9 Å².